The van der Waals surface area contributed by atoms with Crippen molar-refractivity contribution in [3.63, 3.8) is 0 Å². The lowest BCUT2D eigenvalue weighted by molar-refractivity contribution is -0.127. The van der Waals surface area contributed by atoms with Crippen molar-refractivity contribution in [3.05, 3.63) is 59.7 Å². The van der Waals surface area contributed by atoms with Gasteiger partial charge in [0.25, 0.3) is 5.91 Å². The summed E-state index contributed by atoms with van der Waals surface area (Å²) in [5.74, 6) is 1.18. The van der Waals surface area contributed by atoms with E-state index in [9.17, 15) is 4.79 Å². The number of nitrogens with zero attached hydrogens (tertiary/aromatic N) is 1. The van der Waals surface area contributed by atoms with E-state index in [0.717, 1.165) is 12.1 Å². The van der Waals surface area contributed by atoms with Crippen LogP contribution in [0.25, 0.3) is 0 Å². The number of hydrogen-bond acceptors (Lipinski definition) is 4. The highest BCUT2D eigenvalue weighted by atomic mass is 16.5. The Morgan fingerprint density at radius 2 is 1.74 bits per heavy atom. The van der Waals surface area contributed by atoms with Crippen LogP contribution in [-0.4, -0.2) is 37.1 Å². The zero-order valence-electron chi connectivity index (χ0n) is 16.1. The number of ether oxygens (including phenoxy) is 2. The first-order valence-corrected chi connectivity index (χ1v) is 9.52. The van der Waals surface area contributed by atoms with Crippen molar-refractivity contribution in [2.75, 3.05) is 20.2 Å². The van der Waals surface area contributed by atoms with Crippen LogP contribution in [0.2, 0.25) is 0 Å². The number of nitrogens with one attached hydrogen (secondary N) is 1. The number of methoxy groups -OCH3 is 1. The Balaban J connectivity index is 1.46. The van der Waals surface area contributed by atoms with E-state index in [4.69, 9.17) is 9.47 Å². The predicted octanol–water partition coefficient (Wildman–Crippen LogP) is 3.37. The third-order valence-corrected chi connectivity index (χ3v) is 4.82. The maximum Gasteiger partial charge on any atom is 0.261 e. The van der Waals surface area contributed by atoms with Crippen LogP contribution in [-0.2, 0) is 17.9 Å². The molecule has 2 aromatic carbocycles. The van der Waals surface area contributed by atoms with E-state index in [0.29, 0.717) is 18.0 Å². The van der Waals surface area contributed by atoms with Gasteiger partial charge in [-0.15, -0.1) is 0 Å². The summed E-state index contributed by atoms with van der Waals surface area (Å²) in [5.41, 5.74) is 2.41. The summed E-state index contributed by atoms with van der Waals surface area (Å²) in [6.07, 6.45) is 2.03. The van der Waals surface area contributed by atoms with Crippen LogP contribution in [0.1, 0.15) is 30.9 Å². The summed E-state index contributed by atoms with van der Waals surface area (Å²) < 4.78 is 10.9. The van der Waals surface area contributed by atoms with Gasteiger partial charge in [-0.25, -0.2) is 0 Å². The molecule has 0 aliphatic carbocycles. The van der Waals surface area contributed by atoms with Gasteiger partial charge >= 0.3 is 0 Å². The first-order chi connectivity index (χ1) is 13.1. The van der Waals surface area contributed by atoms with E-state index < -0.39 is 6.10 Å². The molecule has 0 radical (unpaired) electrons. The average Bonchev–Trinajstić information content (AvgIpc) is 3.20. The van der Waals surface area contributed by atoms with Gasteiger partial charge in [-0.05, 0) is 56.1 Å². The molecule has 27 heavy (non-hydrogen) atoms. The third kappa shape index (κ3) is 5.73. The normalized spacial score (nSPS) is 15.3. The molecule has 1 amide bonds. The van der Waals surface area contributed by atoms with E-state index in [1.165, 1.54) is 31.5 Å². The first-order valence-electron chi connectivity index (χ1n) is 9.52. The molecule has 1 saturated heterocycles. The molecule has 5 nitrogen and oxygen atoms in total. The molecule has 1 N–H and O–H groups in total. The quantitative estimate of drug-likeness (QED) is 0.776. The van der Waals surface area contributed by atoms with Gasteiger partial charge < -0.3 is 14.8 Å². The van der Waals surface area contributed by atoms with E-state index in [1.54, 1.807) is 20.1 Å². The monoisotopic (exact) mass is 368 g/mol. The molecule has 1 fully saturated rings. The summed E-state index contributed by atoms with van der Waals surface area (Å²) in [5, 5.41) is 2.93. The molecule has 1 aliphatic heterocycles. The second-order valence-electron chi connectivity index (χ2n) is 6.96. The van der Waals surface area contributed by atoms with Crippen LogP contribution in [0.3, 0.4) is 0 Å². The number of carbonyl (C=O) groups is 1. The second kappa shape index (κ2) is 9.42. The Bertz CT molecular complexity index is 739. The number of benzene rings is 2. The smallest absolute Gasteiger partial charge is 0.261 e. The second-order valence-corrected chi connectivity index (χ2v) is 6.96. The van der Waals surface area contributed by atoms with Gasteiger partial charge in [0, 0.05) is 19.2 Å². The molecular formula is C22H28N2O3. The van der Waals surface area contributed by atoms with Crippen molar-refractivity contribution < 1.29 is 14.3 Å². The molecule has 1 aliphatic rings. The third-order valence-electron chi connectivity index (χ3n) is 4.82. The van der Waals surface area contributed by atoms with Crippen molar-refractivity contribution in [1.29, 1.82) is 0 Å². The van der Waals surface area contributed by atoms with Gasteiger partial charge in [-0.1, -0.05) is 30.3 Å². The van der Waals surface area contributed by atoms with Crippen molar-refractivity contribution in [2.24, 2.45) is 0 Å². The van der Waals surface area contributed by atoms with Crippen molar-refractivity contribution in [3.8, 4) is 11.5 Å². The van der Waals surface area contributed by atoms with E-state index in [2.05, 4.69) is 34.5 Å². The van der Waals surface area contributed by atoms with Crippen LogP contribution in [0, 0.1) is 0 Å². The van der Waals surface area contributed by atoms with Gasteiger partial charge in [0.1, 0.15) is 11.5 Å². The van der Waals surface area contributed by atoms with Gasteiger partial charge in [0.2, 0.25) is 0 Å². The minimum Gasteiger partial charge on any atom is -0.497 e. The summed E-state index contributed by atoms with van der Waals surface area (Å²) in [4.78, 5) is 14.8. The fourth-order valence-corrected chi connectivity index (χ4v) is 3.23. The predicted molar refractivity (Wildman–Crippen MR) is 106 cm³/mol. The maximum absolute atomic E-state index is 12.3. The maximum atomic E-state index is 12.3. The van der Waals surface area contributed by atoms with Gasteiger partial charge in [-0.2, -0.15) is 0 Å². The van der Waals surface area contributed by atoms with Crippen LogP contribution in [0.5, 0.6) is 11.5 Å². The van der Waals surface area contributed by atoms with Crippen molar-refractivity contribution in [2.45, 2.75) is 39.0 Å². The van der Waals surface area contributed by atoms with Crippen LogP contribution < -0.4 is 14.8 Å². The molecule has 0 bridgehead atoms. The highest BCUT2D eigenvalue weighted by molar-refractivity contribution is 5.80. The van der Waals surface area contributed by atoms with Crippen molar-refractivity contribution >= 4 is 5.91 Å². The molecule has 1 atom stereocenters. The van der Waals surface area contributed by atoms with Crippen LogP contribution >= 0.6 is 0 Å². The molecule has 0 aromatic heterocycles. The molecular weight excluding hydrogens is 340 g/mol. The van der Waals surface area contributed by atoms with E-state index >= 15 is 0 Å². The number of amides is 1. The number of hydrogen-bond donors (Lipinski definition) is 1. The van der Waals surface area contributed by atoms with Crippen LogP contribution in [0.15, 0.2) is 48.5 Å². The van der Waals surface area contributed by atoms with E-state index in [1.807, 2.05) is 18.2 Å². The summed E-state index contributed by atoms with van der Waals surface area (Å²) in [7, 11) is 1.60. The molecule has 5 heteroatoms. The summed E-state index contributed by atoms with van der Waals surface area (Å²) in [6.45, 7) is 5.65. The van der Waals surface area contributed by atoms with Gasteiger partial charge in [0.05, 0.1) is 7.11 Å². The minimum atomic E-state index is -0.577. The summed E-state index contributed by atoms with van der Waals surface area (Å²) >= 11 is 0. The SMILES string of the molecule is COc1cccc(O[C@@H](C)C(=O)NCc2ccc(CN3CCCC3)cc2)c1. The Kier molecular flexibility index (Phi) is 6.71. The topological polar surface area (TPSA) is 50.8 Å². The van der Waals surface area contributed by atoms with Gasteiger partial charge in [-0.3, -0.25) is 9.69 Å². The lowest BCUT2D eigenvalue weighted by atomic mass is 10.1. The molecule has 1 heterocycles. The zero-order valence-corrected chi connectivity index (χ0v) is 16.1. The summed E-state index contributed by atoms with van der Waals surface area (Å²) in [6, 6.07) is 15.7. The Hall–Kier alpha value is -2.53. The van der Waals surface area contributed by atoms with Gasteiger partial charge in [0.15, 0.2) is 6.10 Å². The number of likely N-dealkylation sites (tertiary alicyclic amines) is 1. The fourth-order valence-electron chi connectivity index (χ4n) is 3.23. The van der Waals surface area contributed by atoms with E-state index in [-0.39, 0.29) is 5.91 Å². The highest BCUT2D eigenvalue weighted by Crippen LogP contribution is 2.20. The molecule has 0 unspecified atom stereocenters. The average molecular weight is 368 g/mol. The molecule has 2 aromatic rings. The fraction of sp³-hybridized carbons (Fsp3) is 0.409. The molecule has 144 valence electrons. The largest absolute Gasteiger partial charge is 0.497 e. The minimum absolute atomic E-state index is 0.140. The molecule has 0 saturated carbocycles. The Morgan fingerprint density at radius 3 is 2.44 bits per heavy atom. The standard InChI is InChI=1S/C22H28N2O3/c1-17(27-21-7-5-6-20(14-21)26-2)22(25)23-15-18-8-10-19(11-9-18)16-24-12-3-4-13-24/h5-11,14,17H,3-4,12-13,15-16H2,1-2H3,(H,23,25)/t17-/m0/s1. The lowest BCUT2D eigenvalue weighted by Gasteiger charge is -2.16. The molecule has 3 rings (SSSR count). The highest BCUT2D eigenvalue weighted by Gasteiger charge is 2.15. The first kappa shape index (κ1) is 19.2. The molecule has 0 spiro atoms. The lowest BCUT2D eigenvalue weighted by Crippen LogP contribution is -2.35. The Labute approximate surface area is 161 Å². The number of carbonyl (C=O) groups excluding carboxylic acids is 1. The zero-order chi connectivity index (χ0) is 19.1. The van der Waals surface area contributed by atoms with Crippen molar-refractivity contribution in [1.82, 2.24) is 10.2 Å². The number of rotatable bonds is 8. The Morgan fingerprint density at radius 1 is 1.07 bits per heavy atom. The van der Waals surface area contributed by atoms with Crippen LogP contribution in [0.4, 0.5) is 0 Å².